The molecule has 1 heterocycles. The van der Waals surface area contributed by atoms with E-state index in [4.69, 9.17) is 11.6 Å². The Kier molecular flexibility index (Phi) is 4.17. The molecule has 0 saturated carbocycles. The molecule has 19 heavy (non-hydrogen) atoms. The zero-order valence-corrected chi connectivity index (χ0v) is 11.7. The van der Waals surface area contributed by atoms with Crippen molar-refractivity contribution in [3.8, 4) is 0 Å². The van der Waals surface area contributed by atoms with Crippen molar-refractivity contribution in [1.29, 1.82) is 0 Å². The van der Waals surface area contributed by atoms with Gasteiger partial charge in [0.15, 0.2) is 12.4 Å². The topological polar surface area (TPSA) is 33.0 Å². The number of halogens is 1. The van der Waals surface area contributed by atoms with Gasteiger partial charge in [-0.1, -0.05) is 11.6 Å². The second-order valence-electron chi connectivity index (χ2n) is 4.49. The molecule has 0 spiro atoms. The molecule has 1 aromatic carbocycles. The maximum Gasteiger partial charge on any atom is 0.293 e. The molecule has 0 aliphatic heterocycles. The number of pyridine rings is 1. The van der Waals surface area contributed by atoms with Crippen molar-refractivity contribution in [3.63, 3.8) is 0 Å². The fourth-order valence-electron chi connectivity index (χ4n) is 1.69. The van der Waals surface area contributed by atoms with Crippen LogP contribution in [0.25, 0.3) is 0 Å². The molecular weight excluding hydrogens is 260 g/mol. The summed E-state index contributed by atoms with van der Waals surface area (Å²) in [4.78, 5) is 12.1. The second kappa shape index (κ2) is 5.85. The van der Waals surface area contributed by atoms with Crippen LogP contribution in [0.1, 0.15) is 18.5 Å². The van der Waals surface area contributed by atoms with Crippen LogP contribution >= 0.6 is 11.6 Å². The van der Waals surface area contributed by atoms with Gasteiger partial charge in [0.05, 0.1) is 0 Å². The van der Waals surface area contributed by atoms with Crippen LogP contribution in [0.3, 0.4) is 0 Å². The summed E-state index contributed by atoms with van der Waals surface area (Å²) >= 11 is 5.80. The van der Waals surface area contributed by atoms with Crippen molar-refractivity contribution in [1.82, 2.24) is 0 Å². The van der Waals surface area contributed by atoms with Gasteiger partial charge >= 0.3 is 0 Å². The lowest BCUT2D eigenvalue weighted by Crippen LogP contribution is -2.43. The monoisotopic (exact) mass is 275 g/mol. The van der Waals surface area contributed by atoms with Gasteiger partial charge in [-0.05, 0) is 36.8 Å². The molecule has 0 saturated heterocycles. The first-order chi connectivity index (χ1) is 9.06. The van der Waals surface area contributed by atoms with Crippen LogP contribution in [0, 0.1) is 6.92 Å². The number of carbonyl (C=O) groups is 1. The van der Waals surface area contributed by atoms with Crippen molar-refractivity contribution in [2.45, 2.75) is 19.9 Å². The minimum absolute atomic E-state index is 0.0591. The Bertz CT molecular complexity index is 564. The van der Waals surface area contributed by atoms with Crippen molar-refractivity contribution in [3.05, 3.63) is 59.4 Å². The lowest BCUT2D eigenvalue weighted by molar-refractivity contribution is -0.705. The van der Waals surface area contributed by atoms with Crippen LogP contribution < -0.4 is 9.88 Å². The summed E-state index contributed by atoms with van der Waals surface area (Å²) in [6.07, 6.45) is 3.81. The molecule has 1 amide bonds. The Hall–Kier alpha value is -1.87. The van der Waals surface area contributed by atoms with Crippen LogP contribution in [-0.2, 0) is 4.79 Å². The first kappa shape index (κ1) is 13.6. The molecule has 2 rings (SSSR count). The van der Waals surface area contributed by atoms with Gasteiger partial charge < -0.3 is 5.32 Å². The van der Waals surface area contributed by atoms with Gasteiger partial charge in [0.2, 0.25) is 6.04 Å². The first-order valence-electron chi connectivity index (χ1n) is 6.10. The molecule has 1 N–H and O–H groups in total. The molecule has 98 valence electrons. The summed E-state index contributed by atoms with van der Waals surface area (Å²) < 4.78 is 1.87. The molecule has 0 aliphatic rings. The van der Waals surface area contributed by atoms with Gasteiger partial charge in [0.25, 0.3) is 5.91 Å². The highest BCUT2D eigenvalue weighted by Crippen LogP contribution is 2.14. The molecule has 0 aliphatic carbocycles. The Balaban J connectivity index is 2.07. The number of anilines is 1. The lowest BCUT2D eigenvalue weighted by Gasteiger charge is -2.08. The summed E-state index contributed by atoms with van der Waals surface area (Å²) in [6, 6.07) is 10.8. The normalized spacial score (nSPS) is 11.9. The summed E-state index contributed by atoms with van der Waals surface area (Å²) in [5.41, 5.74) is 1.91. The fourth-order valence-corrected chi connectivity index (χ4v) is 1.81. The quantitative estimate of drug-likeness (QED) is 0.858. The first-order valence-corrected chi connectivity index (χ1v) is 6.48. The van der Waals surface area contributed by atoms with Gasteiger partial charge in [-0.3, -0.25) is 4.79 Å². The SMILES string of the molecule is Cc1cc[n+]([C@H](C)C(=O)Nc2ccc(Cl)cc2)cc1. The van der Waals surface area contributed by atoms with Gasteiger partial charge in [0.1, 0.15) is 0 Å². The zero-order chi connectivity index (χ0) is 13.8. The Labute approximate surface area is 117 Å². The molecule has 1 atom stereocenters. The number of aryl methyl sites for hydroxylation is 1. The number of nitrogens with zero attached hydrogens (tertiary/aromatic N) is 1. The molecule has 2 aromatic rings. The van der Waals surface area contributed by atoms with Gasteiger partial charge in [-0.15, -0.1) is 0 Å². The highest BCUT2D eigenvalue weighted by atomic mass is 35.5. The van der Waals surface area contributed by atoms with E-state index in [0.717, 1.165) is 5.69 Å². The van der Waals surface area contributed by atoms with Crippen LogP contribution in [-0.4, -0.2) is 5.91 Å². The highest BCUT2D eigenvalue weighted by Gasteiger charge is 2.21. The van der Waals surface area contributed by atoms with Crippen molar-refractivity contribution in [2.75, 3.05) is 5.32 Å². The molecule has 0 radical (unpaired) electrons. The average molecular weight is 276 g/mol. The zero-order valence-electron chi connectivity index (χ0n) is 10.9. The number of amides is 1. The predicted molar refractivity (Wildman–Crippen MR) is 76.2 cm³/mol. The standard InChI is InChI=1S/C15H15ClN2O/c1-11-7-9-18(10-8-11)12(2)15(19)17-14-5-3-13(16)4-6-14/h3-10,12H,1-2H3/p+1/t12-/m1/s1. The largest absolute Gasteiger partial charge is 0.320 e. The number of hydrogen-bond donors (Lipinski definition) is 1. The average Bonchev–Trinajstić information content (AvgIpc) is 2.41. The minimum Gasteiger partial charge on any atom is -0.320 e. The van der Waals surface area contributed by atoms with Gasteiger partial charge in [-0.2, -0.15) is 4.57 Å². The van der Waals surface area contributed by atoms with E-state index in [-0.39, 0.29) is 11.9 Å². The van der Waals surface area contributed by atoms with Crippen molar-refractivity contribution < 1.29 is 9.36 Å². The van der Waals surface area contributed by atoms with Crippen LogP contribution in [0.2, 0.25) is 5.02 Å². The highest BCUT2D eigenvalue weighted by molar-refractivity contribution is 6.30. The molecule has 4 heteroatoms. The second-order valence-corrected chi connectivity index (χ2v) is 4.93. The molecule has 0 fully saturated rings. The van der Waals surface area contributed by atoms with Crippen LogP contribution in [0.15, 0.2) is 48.8 Å². The minimum atomic E-state index is -0.267. The lowest BCUT2D eigenvalue weighted by atomic mass is 10.2. The number of carbonyl (C=O) groups excluding carboxylic acids is 1. The van der Waals surface area contributed by atoms with Gasteiger partial charge in [-0.25, -0.2) is 0 Å². The third-order valence-corrected chi connectivity index (χ3v) is 3.21. The summed E-state index contributed by atoms with van der Waals surface area (Å²) in [7, 11) is 0. The molecule has 0 unspecified atom stereocenters. The van der Waals surface area contributed by atoms with E-state index in [2.05, 4.69) is 5.32 Å². The van der Waals surface area contributed by atoms with E-state index in [1.165, 1.54) is 5.56 Å². The number of benzene rings is 1. The van der Waals surface area contributed by atoms with E-state index in [1.807, 2.05) is 42.9 Å². The van der Waals surface area contributed by atoms with E-state index < -0.39 is 0 Å². The third-order valence-electron chi connectivity index (χ3n) is 2.96. The van der Waals surface area contributed by atoms with E-state index >= 15 is 0 Å². The van der Waals surface area contributed by atoms with Crippen molar-refractivity contribution in [2.24, 2.45) is 0 Å². The van der Waals surface area contributed by atoms with E-state index in [9.17, 15) is 4.79 Å². The predicted octanol–water partition coefficient (Wildman–Crippen LogP) is 3.14. The maximum atomic E-state index is 12.1. The fraction of sp³-hybridized carbons (Fsp3) is 0.200. The summed E-state index contributed by atoms with van der Waals surface area (Å²) in [5, 5.41) is 3.52. The molecular formula is C15H16ClN2O+. The molecule has 1 aromatic heterocycles. The Morgan fingerprint density at radius 2 is 1.74 bits per heavy atom. The number of rotatable bonds is 3. The van der Waals surface area contributed by atoms with Crippen LogP contribution in [0.4, 0.5) is 5.69 Å². The maximum absolute atomic E-state index is 12.1. The molecule has 0 bridgehead atoms. The van der Waals surface area contributed by atoms with Crippen molar-refractivity contribution >= 4 is 23.2 Å². The molecule has 3 nitrogen and oxygen atoms in total. The van der Waals surface area contributed by atoms with E-state index in [1.54, 1.807) is 24.3 Å². The van der Waals surface area contributed by atoms with Crippen LogP contribution in [0.5, 0.6) is 0 Å². The van der Waals surface area contributed by atoms with E-state index in [0.29, 0.717) is 5.02 Å². The number of nitrogens with one attached hydrogen (secondary N) is 1. The summed E-state index contributed by atoms with van der Waals surface area (Å²) in [5.74, 6) is -0.0591. The number of aromatic nitrogens is 1. The summed E-state index contributed by atoms with van der Waals surface area (Å²) in [6.45, 7) is 3.88. The third kappa shape index (κ3) is 3.55. The number of hydrogen-bond acceptors (Lipinski definition) is 1. The Morgan fingerprint density at radius 3 is 2.32 bits per heavy atom. The smallest absolute Gasteiger partial charge is 0.293 e. The van der Waals surface area contributed by atoms with Gasteiger partial charge in [0, 0.05) is 29.8 Å². The Morgan fingerprint density at radius 1 is 1.16 bits per heavy atom.